The van der Waals surface area contributed by atoms with Crippen molar-refractivity contribution in [2.24, 2.45) is 0 Å². The van der Waals surface area contributed by atoms with Crippen LogP contribution < -0.4 is 0 Å². The SMILES string of the molecule is OC(C=CC=Cc1ccccc1)(Cc1ccccn1)c1ccccc1. The minimum atomic E-state index is -1.10. The standard InChI is InChI=1S/C23H21NO/c25-23(21-14-5-2-6-15-21,19-22-16-8-10-18-24-22)17-9-7-13-20-11-3-1-4-12-20/h1-18,25H,19H2. The predicted octanol–water partition coefficient (Wildman–Crippen LogP) is 4.78. The summed E-state index contributed by atoms with van der Waals surface area (Å²) >= 11 is 0. The molecule has 2 heteroatoms. The Morgan fingerprint density at radius 1 is 0.800 bits per heavy atom. The van der Waals surface area contributed by atoms with E-state index in [0.717, 1.165) is 16.8 Å². The molecule has 1 N–H and O–H groups in total. The Morgan fingerprint density at radius 3 is 2.16 bits per heavy atom. The van der Waals surface area contributed by atoms with E-state index < -0.39 is 5.60 Å². The monoisotopic (exact) mass is 327 g/mol. The Balaban J connectivity index is 1.84. The number of pyridine rings is 1. The largest absolute Gasteiger partial charge is 0.381 e. The number of benzene rings is 2. The van der Waals surface area contributed by atoms with Gasteiger partial charge in [0.15, 0.2) is 0 Å². The van der Waals surface area contributed by atoms with E-state index in [1.54, 1.807) is 6.20 Å². The van der Waals surface area contributed by atoms with Gasteiger partial charge in [-0.1, -0.05) is 85.0 Å². The Bertz CT molecular complexity index is 826. The van der Waals surface area contributed by atoms with Crippen molar-refractivity contribution in [2.45, 2.75) is 12.0 Å². The third kappa shape index (κ3) is 4.75. The molecule has 0 spiro atoms. The van der Waals surface area contributed by atoms with Gasteiger partial charge in [0.2, 0.25) is 0 Å². The molecule has 0 aliphatic carbocycles. The molecular formula is C23H21NO. The van der Waals surface area contributed by atoms with Gasteiger partial charge in [-0.3, -0.25) is 4.98 Å². The summed E-state index contributed by atoms with van der Waals surface area (Å²) in [5, 5.41) is 11.3. The van der Waals surface area contributed by atoms with E-state index in [1.807, 2.05) is 103 Å². The number of aromatic nitrogens is 1. The molecule has 3 rings (SSSR count). The molecule has 0 radical (unpaired) electrons. The van der Waals surface area contributed by atoms with E-state index in [9.17, 15) is 5.11 Å². The zero-order valence-electron chi connectivity index (χ0n) is 14.0. The number of hydrogen-bond donors (Lipinski definition) is 1. The maximum absolute atomic E-state index is 11.3. The summed E-state index contributed by atoms with van der Waals surface area (Å²) in [6.07, 6.45) is 9.86. The molecule has 0 fully saturated rings. The maximum Gasteiger partial charge on any atom is 0.114 e. The molecule has 1 heterocycles. The van der Waals surface area contributed by atoms with Crippen LogP contribution >= 0.6 is 0 Å². The molecule has 25 heavy (non-hydrogen) atoms. The third-order valence-electron chi connectivity index (χ3n) is 4.02. The highest BCUT2D eigenvalue weighted by atomic mass is 16.3. The zero-order valence-corrected chi connectivity index (χ0v) is 14.0. The minimum Gasteiger partial charge on any atom is -0.381 e. The summed E-state index contributed by atoms with van der Waals surface area (Å²) in [4.78, 5) is 4.35. The zero-order chi connectivity index (χ0) is 17.4. The Morgan fingerprint density at radius 2 is 1.48 bits per heavy atom. The van der Waals surface area contributed by atoms with Crippen LogP contribution in [-0.4, -0.2) is 10.1 Å². The van der Waals surface area contributed by atoms with Crippen LogP contribution in [0.3, 0.4) is 0 Å². The van der Waals surface area contributed by atoms with E-state index in [1.165, 1.54) is 0 Å². The van der Waals surface area contributed by atoms with Crippen LogP contribution in [0.4, 0.5) is 0 Å². The van der Waals surface area contributed by atoms with Gasteiger partial charge in [-0.25, -0.2) is 0 Å². The van der Waals surface area contributed by atoms with Gasteiger partial charge in [-0.15, -0.1) is 0 Å². The summed E-state index contributed by atoms with van der Waals surface area (Å²) in [5.74, 6) is 0. The lowest BCUT2D eigenvalue weighted by atomic mass is 9.88. The lowest BCUT2D eigenvalue weighted by Gasteiger charge is -2.25. The number of hydrogen-bond acceptors (Lipinski definition) is 2. The van der Waals surface area contributed by atoms with E-state index in [2.05, 4.69) is 4.98 Å². The molecular weight excluding hydrogens is 306 g/mol. The van der Waals surface area contributed by atoms with Crippen LogP contribution in [-0.2, 0) is 12.0 Å². The highest BCUT2D eigenvalue weighted by molar-refractivity contribution is 5.50. The molecule has 0 saturated carbocycles. The summed E-state index contributed by atoms with van der Waals surface area (Å²) in [6.45, 7) is 0. The lowest BCUT2D eigenvalue weighted by Crippen LogP contribution is -2.26. The van der Waals surface area contributed by atoms with Crippen molar-refractivity contribution in [2.75, 3.05) is 0 Å². The summed E-state index contributed by atoms with van der Waals surface area (Å²) in [5.41, 5.74) is 1.73. The third-order valence-corrected chi connectivity index (χ3v) is 4.02. The quantitative estimate of drug-likeness (QED) is 0.661. The first-order chi connectivity index (χ1) is 12.3. The molecule has 124 valence electrons. The number of rotatable bonds is 6. The molecule has 0 bridgehead atoms. The summed E-state index contributed by atoms with van der Waals surface area (Å²) in [7, 11) is 0. The van der Waals surface area contributed by atoms with Gasteiger partial charge in [0.1, 0.15) is 5.60 Å². The molecule has 1 unspecified atom stereocenters. The van der Waals surface area contributed by atoms with Crippen molar-refractivity contribution >= 4 is 6.08 Å². The topological polar surface area (TPSA) is 33.1 Å². The molecule has 0 saturated heterocycles. The van der Waals surface area contributed by atoms with Crippen molar-refractivity contribution in [1.82, 2.24) is 4.98 Å². The number of allylic oxidation sites excluding steroid dienone is 2. The fourth-order valence-electron chi connectivity index (χ4n) is 2.71. The molecule has 0 amide bonds. The minimum absolute atomic E-state index is 0.424. The lowest BCUT2D eigenvalue weighted by molar-refractivity contribution is 0.0888. The molecule has 2 nitrogen and oxygen atoms in total. The Kier molecular flexibility index (Phi) is 5.55. The Labute approximate surface area is 148 Å². The van der Waals surface area contributed by atoms with Crippen LogP contribution in [0.25, 0.3) is 6.08 Å². The average molecular weight is 327 g/mol. The van der Waals surface area contributed by atoms with E-state index in [-0.39, 0.29) is 0 Å². The fraction of sp³-hybridized carbons (Fsp3) is 0.0870. The Hall–Kier alpha value is -2.97. The second-order valence-corrected chi connectivity index (χ2v) is 5.92. The van der Waals surface area contributed by atoms with Crippen molar-refractivity contribution in [1.29, 1.82) is 0 Å². The normalized spacial score (nSPS) is 14.0. The van der Waals surface area contributed by atoms with Gasteiger partial charge in [-0.05, 0) is 29.3 Å². The van der Waals surface area contributed by atoms with Gasteiger partial charge < -0.3 is 5.11 Å². The average Bonchev–Trinajstić information content (AvgIpc) is 2.68. The van der Waals surface area contributed by atoms with Gasteiger partial charge >= 0.3 is 0 Å². The maximum atomic E-state index is 11.3. The highest BCUT2D eigenvalue weighted by Gasteiger charge is 2.26. The van der Waals surface area contributed by atoms with Crippen molar-refractivity contribution in [3.8, 4) is 0 Å². The summed E-state index contributed by atoms with van der Waals surface area (Å²) in [6, 6.07) is 25.5. The van der Waals surface area contributed by atoms with Crippen LogP contribution in [0.5, 0.6) is 0 Å². The van der Waals surface area contributed by atoms with Gasteiger partial charge in [0.25, 0.3) is 0 Å². The molecule has 1 atom stereocenters. The first-order valence-corrected chi connectivity index (χ1v) is 8.35. The number of nitrogens with zero attached hydrogens (tertiary/aromatic N) is 1. The van der Waals surface area contributed by atoms with Crippen molar-refractivity contribution < 1.29 is 5.11 Å². The molecule has 0 aliphatic rings. The predicted molar refractivity (Wildman–Crippen MR) is 103 cm³/mol. The molecule has 2 aromatic carbocycles. The van der Waals surface area contributed by atoms with Crippen molar-refractivity contribution in [3.63, 3.8) is 0 Å². The van der Waals surface area contributed by atoms with Gasteiger partial charge in [-0.2, -0.15) is 0 Å². The van der Waals surface area contributed by atoms with Crippen LogP contribution in [0.1, 0.15) is 16.8 Å². The van der Waals surface area contributed by atoms with E-state index in [0.29, 0.717) is 6.42 Å². The second-order valence-electron chi connectivity index (χ2n) is 5.92. The summed E-state index contributed by atoms with van der Waals surface area (Å²) < 4.78 is 0. The number of aliphatic hydroxyl groups is 1. The van der Waals surface area contributed by atoms with Gasteiger partial charge in [0.05, 0.1) is 0 Å². The van der Waals surface area contributed by atoms with Crippen LogP contribution in [0.2, 0.25) is 0 Å². The highest BCUT2D eigenvalue weighted by Crippen LogP contribution is 2.27. The molecule has 3 aromatic rings. The first-order valence-electron chi connectivity index (χ1n) is 8.35. The van der Waals surface area contributed by atoms with E-state index >= 15 is 0 Å². The molecule has 1 aromatic heterocycles. The van der Waals surface area contributed by atoms with E-state index in [4.69, 9.17) is 0 Å². The second kappa shape index (κ2) is 8.22. The van der Waals surface area contributed by atoms with Gasteiger partial charge in [0, 0.05) is 18.3 Å². The van der Waals surface area contributed by atoms with Crippen LogP contribution in [0.15, 0.2) is 103 Å². The van der Waals surface area contributed by atoms with Crippen LogP contribution in [0, 0.1) is 0 Å². The van der Waals surface area contributed by atoms with Crippen molar-refractivity contribution in [3.05, 3.63) is 120 Å². The fourth-order valence-corrected chi connectivity index (χ4v) is 2.71. The first kappa shape index (κ1) is 16.9. The smallest absolute Gasteiger partial charge is 0.114 e. The molecule has 0 aliphatic heterocycles.